The number of carbonyl (C=O) groups is 2. The van der Waals surface area contributed by atoms with E-state index in [1.54, 1.807) is 9.80 Å². The number of terminal acetylenes is 1. The van der Waals surface area contributed by atoms with E-state index in [0.29, 0.717) is 13.0 Å². The van der Waals surface area contributed by atoms with Gasteiger partial charge in [0.2, 0.25) is 5.91 Å². The van der Waals surface area contributed by atoms with Crippen molar-refractivity contribution in [1.82, 2.24) is 9.88 Å². The number of amides is 2. The summed E-state index contributed by atoms with van der Waals surface area (Å²) >= 11 is 0. The van der Waals surface area contributed by atoms with Crippen LogP contribution in [0.25, 0.3) is 10.9 Å². The SMILES string of the molecule is C#CCN1C(=O)[C@]2(c3ccccc31)c1[nH]c3ccccc3c1CCN2C(C)=O. The summed E-state index contributed by atoms with van der Waals surface area (Å²) in [4.78, 5) is 33.4. The molecule has 2 aliphatic rings. The first kappa shape index (κ1) is 16.6. The Labute approximate surface area is 162 Å². The summed E-state index contributed by atoms with van der Waals surface area (Å²) in [6.45, 7) is 2.17. The minimum atomic E-state index is -1.20. The lowest BCUT2D eigenvalue weighted by Crippen LogP contribution is -2.58. The number of hydrogen-bond donors (Lipinski definition) is 1. The molecular formula is C23H19N3O2. The number of fused-ring (bicyclic) bond motifs is 6. The zero-order valence-corrected chi connectivity index (χ0v) is 15.5. The Bertz CT molecular complexity index is 1190. The minimum absolute atomic E-state index is 0.130. The molecule has 0 fully saturated rings. The first-order chi connectivity index (χ1) is 13.6. The zero-order chi connectivity index (χ0) is 19.5. The van der Waals surface area contributed by atoms with Gasteiger partial charge >= 0.3 is 0 Å². The van der Waals surface area contributed by atoms with Crippen molar-refractivity contribution in [3.05, 3.63) is 65.4 Å². The number of carbonyl (C=O) groups excluding carboxylic acids is 2. The number of H-pyrrole nitrogens is 1. The lowest BCUT2D eigenvalue weighted by Gasteiger charge is -2.43. The number of aromatic nitrogens is 1. The van der Waals surface area contributed by atoms with Gasteiger partial charge in [0.15, 0.2) is 5.54 Å². The third-order valence-electron chi connectivity index (χ3n) is 5.93. The molecule has 0 radical (unpaired) electrons. The predicted molar refractivity (Wildman–Crippen MR) is 108 cm³/mol. The number of benzene rings is 2. The molecule has 1 N–H and O–H groups in total. The predicted octanol–water partition coefficient (Wildman–Crippen LogP) is 2.80. The maximum atomic E-state index is 13.9. The average Bonchev–Trinajstić information content (AvgIpc) is 3.19. The third-order valence-corrected chi connectivity index (χ3v) is 5.93. The largest absolute Gasteiger partial charge is 0.355 e. The first-order valence-electron chi connectivity index (χ1n) is 9.34. The van der Waals surface area contributed by atoms with Crippen LogP contribution in [0.2, 0.25) is 0 Å². The van der Waals surface area contributed by atoms with Crippen molar-refractivity contribution in [1.29, 1.82) is 0 Å². The van der Waals surface area contributed by atoms with Gasteiger partial charge in [-0.05, 0) is 24.1 Å². The van der Waals surface area contributed by atoms with Crippen molar-refractivity contribution in [3.8, 4) is 12.3 Å². The number of aromatic amines is 1. The van der Waals surface area contributed by atoms with Crippen molar-refractivity contribution in [3.63, 3.8) is 0 Å². The molecule has 1 atom stereocenters. The molecule has 28 heavy (non-hydrogen) atoms. The summed E-state index contributed by atoms with van der Waals surface area (Å²) in [5.41, 5.74) is 3.22. The van der Waals surface area contributed by atoms with Gasteiger partial charge in [-0.25, -0.2) is 0 Å². The molecule has 2 aromatic carbocycles. The van der Waals surface area contributed by atoms with Crippen LogP contribution in [-0.4, -0.2) is 34.8 Å². The van der Waals surface area contributed by atoms with Crippen molar-refractivity contribution >= 4 is 28.4 Å². The van der Waals surface area contributed by atoms with Crippen LogP contribution in [0.4, 0.5) is 5.69 Å². The quantitative estimate of drug-likeness (QED) is 0.671. The topological polar surface area (TPSA) is 56.4 Å². The second kappa shape index (κ2) is 5.74. The van der Waals surface area contributed by atoms with Gasteiger partial charge in [-0.3, -0.25) is 14.5 Å². The second-order valence-corrected chi connectivity index (χ2v) is 7.27. The fourth-order valence-electron chi connectivity index (χ4n) is 4.87. The van der Waals surface area contributed by atoms with Crippen molar-refractivity contribution in [2.75, 3.05) is 18.0 Å². The van der Waals surface area contributed by atoms with Crippen LogP contribution in [0.15, 0.2) is 48.5 Å². The Balaban J connectivity index is 1.90. The van der Waals surface area contributed by atoms with E-state index >= 15 is 0 Å². The minimum Gasteiger partial charge on any atom is -0.355 e. The molecule has 0 bridgehead atoms. The molecule has 1 aromatic heterocycles. The highest BCUT2D eigenvalue weighted by Gasteiger charge is 2.60. The van der Waals surface area contributed by atoms with Gasteiger partial charge in [0.1, 0.15) is 0 Å². The fraction of sp³-hybridized carbons (Fsp3) is 0.217. The van der Waals surface area contributed by atoms with Crippen molar-refractivity contribution in [2.45, 2.75) is 18.9 Å². The van der Waals surface area contributed by atoms with E-state index in [-0.39, 0.29) is 18.4 Å². The third kappa shape index (κ3) is 1.87. The van der Waals surface area contributed by atoms with Gasteiger partial charge in [0.25, 0.3) is 5.91 Å². The smallest absolute Gasteiger partial charge is 0.264 e. The average molecular weight is 369 g/mol. The molecule has 138 valence electrons. The molecule has 2 aliphatic heterocycles. The van der Waals surface area contributed by atoms with E-state index in [2.05, 4.69) is 17.0 Å². The number of para-hydroxylation sites is 2. The molecule has 0 aliphatic carbocycles. The highest BCUT2D eigenvalue weighted by molar-refractivity contribution is 6.12. The summed E-state index contributed by atoms with van der Waals surface area (Å²) in [7, 11) is 0. The lowest BCUT2D eigenvalue weighted by molar-refractivity contribution is -0.143. The van der Waals surface area contributed by atoms with Crippen LogP contribution in [0.5, 0.6) is 0 Å². The van der Waals surface area contributed by atoms with Crippen LogP contribution < -0.4 is 4.90 Å². The molecule has 0 saturated heterocycles. The Morgan fingerprint density at radius 2 is 1.96 bits per heavy atom. The van der Waals surface area contributed by atoms with Crippen molar-refractivity contribution in [2.24, 2.45) is 0 Å². The molecule has 5 nitrogen and oxygen atoms in total. The Hall–Kier alpha value is -3.52. The molecule has 1 spiro atoms. The number of rotatable bonds is 1. The highest BCUT2D eigenvalue weighted by Crippen LogP contribution is 2.51. The maximum Gasteiger partial charge on any atom is 0.264 e. The normalized spacial score (nSPS) is 20.4. The van der Waals surface area contributed by atoms with Gasteiger partial charge in [-0.15, -0.1) is 6.42 Å². The van der Waals surface area contributed by atoms with Gasteiger partial charge < -0.3 is 9.88 Å². The monoisotopic (exact) mass is 369 g/mol. The maximum absolute atomic E-state index is 13.9. The number of anilines is 1. The van der Waals surface area contributed by atoms with E-state index in [4.69, 9.17) is 6.42 Å². The summed E-state index contributed by atoms with van der Waals surface area (Å²) < 4.78 is 0. The van der Waals surface area contributed by atoms with E-state index in [0.717, 1.165) is 33.4 Å². The fourth-order valence-corrected chi connectivity index (χ4v) is 4.87. The summed E-state index contributed by atoms with van der Waals surface area (Å²) in [6.07, 6.45) is 6.26. The van der Waals surface area contributed by atoms with Crippen LogP contribution in [0.3, 0.4) is 0 Å². The molecule has 2 amide bonds. The molecule has 3 aromatic rings. The molecule has 3 heterocycles. The molecule has 0 saturated carbocycles. The van der Waals surface area contributed by atoms with E-state index in [1.165, 1.54) is 6.92 Å². The Kier molecular flexibility index (Phi) is 3.41. The summed E-state index contributed by atoms with van der Waals surface area (Å²) in [6, 6.07) is 15.7. The Morgan fingerprint density at radius 3 is 2.75 bits per heavy atom. The van der Waals surface area contributed by atoms with Crippen LogP contribution in [-0.2, 0) is 21.5 Å². The number of nitrogens with one attached hydrogen (secondary N) is 1. The van der Waals surface area contributed by atoms with Crippen LogP contribution >= 0.6 is 0 Å². The molecule has 5 rings (SSSR count). The zero-order valence-electron chi connectivity index (χ0n) is 15.5. The van der Waals surface area contributed by atoms with Gasteiger partial charge in [-0.1, -0.05) is 42.3 Å². The standard InChI is InChI=1S/C23H19N3O2/c1-3-13-25-20-11-7-5-9-18(20)23(22(25)28)21-17(12-14-26(23)15(2)27)16-8-4-6-10-19(16)24-21/h1,4-11,24H,12-14H2,2H3/t23-/m0/s1. The molecular weight excluding hydrogens is 350 g/mol. The highest BCUT2D eigenvalue weighted by atomic mass is 16.2. The van der Waals surface area contributed by atoms with Crippen LogP contribution in [0, 0.1) is 12.3 Å². The van der Waals surface area contributed by atoms with E-state index in [1.807, 2.05) is 42.5 Å². The molecule has 0 unspecified atom stereocenters. The van der Waals surface area contributed by atoms with Gasteiger partial charge in [-0.2, -0.15) is 0 Å². The van der Waals surface area contributed by atoms with Gasteiger partial charge in [0, 0.05) is 29.9 Å². The molecule has 5 heteroatoms. The van der Waals surface area contributed by atoms with Crippen LogP contribution in [0.1, 0.15) is 23.7 Å². The number of hydrogen-bond acceptors (Lipinski definition) is 2. The number of nitrogens with zero attached hydrogens (tertiary/aromatic N) is 2. The van der Waals surface area contributed by atoms with E-state index < -0.39 is 5.54 Å². The summed E-state index contributed by atoms with van der Waals surface area (Å²) in [5.74, 6) is 2.29. The van der Waals surface area contributed by atoms with Gasteiger partial charge in [0.05, 0.1) is 17.9 Å². The van der Waals surface area contributed by atoms with E-state index in [9.17, 15) is 9.59 Å². The second-order valence-electron chi connectivity index (χ2n) is 7.27. The first-order valence-corrected chi connectivity index (χ1v) is 9.34. The summed E-state index contributed by atoms with van der Waals surface area (Å²) in [5, 5.41) is 1.10. The lowest BCUT2D eigenvalue weighted by atomic mass is 9.80. The Morgan fingerprint density at radius 1 is 1.21 bits per heavy atom. The van der Waals surface area contributed by atoms with Crippen molar-refractivity contribution < 1.29 is 9.59 Å².